The van der Waals surface area contributed by atoms with E-state index in [9.17, 15) is 4.79 Å². The number of carbonyl (C=O) groups excluding carboxylic acids is 1. The lowest BCUT2D eigenvalue weighted by Crippen LogP contribution is -2.33. The van der Waals surface area contributed by atoms with Gasteiger partial charge in [0, 0.05) is 6.42 Å². The predicted molar refractivity (Wildman–Crippen MR) is 68.5 cm³/mol. The van der Waals surface area contributed by atoms with Crippen molar-refractivity contribution in [2.45, 2.75) is 32.7 Å². The molecule has 0 heterocycles. The first-order chi connectivity index (χ1) is 8.09. The number of ether oxygens (including phenoxy) is 1. The van der Waals surface area contributed by atoms with E-state index in [1.807, 2.05) is 44.2 Å². The monoisotopic (exact) mass is 235 g/mol. The average molecular weight is 235 g/mol. The molecule has 0 radical (unpaired) electrons. The first-order valence-electron chi connectivity index (χ1n) is 6.05. The quantitative estimate of drug-likeness (QED) is 0.769. The summed E-state index contributed by atoms with van der Waals surface area (Å²) in [4.78, 5) is 11.5. The van der Waals surface area contributed by atoms with Crippen LogP contribution >= 0.6 is 0 Å². The molecule has 0 bridgehead atoms. The molecule has 2 N–H and O–H groups in total. The molecule has 0 amide bonds. The van der Waals surface area contributed by atoms with Crippen molar-refractivity contribution in [2.24, 2.45) is 11.7 Å². The topological polar surface area (TPSA) is 52.3 Å². The lowest BCUT2D eigenvalue weighted by Gasteiger charge is -2.13. The van der Waals surface area contributed by atoms with Crippen LogP contribution in [0.1, 0.15) is 25.8 Å². The lowest BCUT2D eigenvalue weighted by atomic mass is 10.1. The molecule has 1 aromatic rings. The second-order valence-electron chi connectivity index (χ2n) is 4.64. The Kier molecular flexibility index (Phi) is 5.70. The maximum atomic E-state index is 11.5. The Hall–Kier alpha value is -1.35. The van der Waals surface area contributed by atoms with Gasteiger partial charge in [0.15, 0.2) is 0 Å². The molecular weight excluding hydrogens is 214 g/mol. The molecule has 0 fully saturated rings. The number of rotatable bonds is 6. The maximum absolute atomic E-state index is 11.5. The summed E-state index contributed by atoms with van der Waals surface area (Å²) in [7, 11) is 0. The summed E-state index contributed by atoms with van der Waals surface area (Å²) < 4.78 is 5.14. The molecule has 1 aromatic carbocycles. The Morgan fingerprint density at radius 2 is 1.94 bits per heavy atom. The molecular formula is C14H21NO2. The minimum Gasteiger partial charge on any atom is -0.464 e. The van der Waals surface area contributed by atoms with Gasteiger partial charge in [-0.25, -0.2) is 0 Å². The highest BCUT2D eigenvalue weighted by molar-refractivity contribution is 5.75. The summed E-state index contributed by atoms with van der Waals surface area (Å²) in [6.07, 6.45) is 1.41. The largest absolute Gasteiger partial charge is 0.464 e. The normalized spacial score (nSPS) is 12.5. The Morgan fingerprint density at radius 1 is 1.29 bits per heavy atom. The highest BCUT2D eigenvalue weighted by Crippen LogP contribution is 2.05. The number of hydrogen-bond acceptors (Lipinski definition) is 3. The first kappa shape index (κ1) is 13.7. The van der Waals surface area contributed by atoms with Crippen LogP contribution in [0.3, 0.4) is 0 Å². The van der Waals surface area contributed by atoms with Gasteiger partial charge >= 0.3 is 5.97 Å². The maximum Gasteiger partial charge on any atom is 0.322 e. The van der Waals surface area contributed by atoms with Gasteiger partial charge in [-0.2, -0.15) is 0 Å². The second kappa shape index (κ2) is 7.07. The van der Waals surface area contributed by atoms with Crippen LogP contribution in [-0.2, 0) is 16.0 Å². The van der Waals surface area contributed by atoms with E-state index < -0.39 is 6.04 Å². The molecule has 3 heteroatoms. The highest BCUT2D eigenvalue weighted by atomic mass is 16.5. The van der Waals surface area contributed by atoms with Crippen LogP contribution in [0.2, 0.25) is 0 Å². The zero-order valence-corrected chi connectivity index (χ0v) is 10.6. The van der Waals surface area contributed by atoms with E-state index in [1.165, 1.54) is 0 Å². The number of hydrogen-bond donors (Lipinski definition) is 1. The molecule has 17 heavy (non-hydrogen) atoms. The van der Waals surface area contributed by atoms with Crippen molar-refractivity contribution in [3.63, 3.8) is 0 Å². The van der Waals surface area contributed by atoms with E-state index in [2.05, 4.69) is 0 Å². The molecule has 94 valence electrons. The van der Waals surface area contributed by atoms with Crippen LogP contribution in [0.5, 0.6) is 0 Å². The number of nitrogens with two attached hydrogens (primary N) is 1. The zero-order chi connectivity index (χ0) is 12.7. The molecule has 0 aliphatic rings. The highest BCUT2D eigenvalue weighted by Gasteiger charge is 2.15. The molecule has 0 saturated heterocycles. The Labute approximate surface area is 103 Å². The van der Waals surface area contributed by atoms with E-state index in [-0.39, 0.29) is 5.97 Å². The first-order valence-corrected chi connectivity index (χ1v) is 6.05. The minimum atomic E-state index is -0.495. The molecule has 3 nitrogen and oxygen atoms in total. The number of carbonyl (C=O) groups is 1. The van der Waals surface area contributed by atoms with Gasteiger partial charge < -0.3 is 10.5 Å². The molecule has 1 rings (SSSR count). The van der Waals surface area contributed by atoms with Gasteiger partial charge in [0.2, 0.25) is 0 Å². The standard InChI is InChI=1S/C14H21NO2/c1-11(2)10-13(15)14(16)17-9-8-12-6-4-3-5-7-12/h3-7,11,13H,8-10,15H2,1-2H3/t13-/m0/s1. The summed E-state index contributed by atoms with van der Waals surface area (Å²) in [5.41, 5.74) is 6.89. The lowest BCUT2D eigenvalue weighted by molar-refractivity contribution is -0.145. The fourth-order valence-corrected chi connectivity index (χ4v) is 1.63. The second-order valence-corrected chi connectivity index (χ2v) is 4.64. The van der Waals surface area contributed by atoms with Crippen molar-refractivity contribution in [3.8, 4) is 0 Å². The zero-order valence-electron chi connectivity index (χ0n) is 10.6. The summed E-state index contributed by atoms with van der Waals surface area (Å²) >= 11 is 0. The number of esters is 1. The summed E-state index contributed by atoms with van der Waals surface area (Å²) in [5.74, 6) is 0.112. The van der Waals surface area contributed by atoms with Gasteiger partial charge in [-0.1, -0.05) is 44.2 Å². The minimum absolute atomic E-state index is 0.297. The van der Waals surface area contributed by atoms with E-state index in [1.54, 1.807) is 0 Å². The fraction of sp³-hybridized carbons (Fsp3) is 0.500. The predicted octanol–water partition coefficient (Wildman–Crippen LogP) is 2.15. The van der Waals surface area contributed by atoms with Crippen molar-refractivity contribution in [3.05, 3.63) is 35.9 Å². The third kappa shape index (κ3) is 5.50. The molecule has 0 aliphatic carbocycles. The van der Waals surface area contributed by atoms with Crippen LogP contribution in [0, 0.1) is 5.92 Å². The molecule has 0 aliphatic heterocycles. The van der Waals surface area contributed by atoms with Crippen LogP contribution in [0.15, 0.2) is 30.3 Å². The van der Waals surface area contributed by atoms with Crippen molar-refractivity contribution in [1.29, 1.82) is 0 Å². The van der Waals surface area contributed by atoms with Crippen molar-refractivity contribution in [1.82, 2.24) is 0 Å². The Bertz CT molecular complexity index is 335. The molecule has 0 spiro atoms. The average Bonchev–Trinajstić information content (AvgIpc) is 2.29. The third-order valence-electron chi connectivity index (χ3n) is 2.51. The van der Waals surface area contributed by atoms with E-state index in [4.69, 9.17) is 10.5 Å². The fourth-order valence-electron chi connectivity index (χ4n) is 1.63. The molecule has 0 aromatic heterocycles. The van der Waals surface area contributed by atoms with Gasteiger partial charge in [0.05, 0.1) is 6.61 Å². The van der Waals surface area contributed by atoms with Crippen molar-refractivity contribution < 1.29 is 9.53 Å². The van der Waals surface area contributed by atoms with Gasteiger partial charge in [-0.05, 0) is 17.9 Å². The molecule has 0 unspecified atom stereocenters. The number of benzene rings is 1. The van der Waals surface area contributed by atoms with Gasteiger partial charge in [-0.3, -0.25) is 4.79 Å². The summed E-state index contributed by atoms with van der Waals surface area (Å²) in [6, 6.07) is 9.45. The van der Waals surface area contributed by atoms with Crippen molar-refractivity contribution in [2.75, 3.05) is 6.61 Å². The van der Waals surface area contributed by atoms with Gasteiger partial charge in [0.25, 0.3) is 0 Å². The van der Waals surface area contributed by atoms with E-state index in [0.29, 0.717) is 18.9 Å². The molecule has 0 saturated carbocycles. The Balaban J connectivity index is 2.24. The van der Waals surface area contributed by atoms with Crippen molar-refractivity contribution >= 4 is 5.97 Å². The summed E-state index contributed by atoms with van der Waals surface area (Å²) in [6.45, 7) is 4.48. The van der Waals surface area contributed by atoms with E-state index >= 15 is 0 Å². The summed E-state index contributed by atoms with van der Waals surface area (Å²) in [5, 5.41) is 0. The van der Waals surface area contributed by atoms with E-state index in [0.717, 1.165) is 12.0 Å². The van der Waals surface area contributed by atoms with Crippen LogP contribution in [-0.4, -0.2) is 18.6 Å². The van der Waals surface area contributed by atoms with Crippen LogP contribution in [0.4, 0.5) is 0 Å². The Morgan fingerprint density at radius 3 is 2.53 bits per heavy atom. The smallest absolute Gasteiger partial charge is 0.322 e. The van der Waals surface area contributed by atoms with Gasteiger partial charge in [0.1, 0.15) is 6.04 Å². The SMILES string of the molecule is CC(C)C[C@H](N)C(=O)OCCc1ccccc1. The van der Waals surface area contributed by atoms with Crippen LogP contribution < -0.4 is 5.73 Å². The van der Waals surface area contributed by atoms with Gasteiger partial charge in [-0.15, -0.1) is 0 Å². The third-order valence-corrected chi connectivity index (χ3v) is 2.51. The van der Waals surface area contributed by atoms with Crippen LogP contribution in [0.25, 0.3) is 0 Å². The molecule has 1 atom stereocenters.